The van der Waals surface area contributed by atoms with Crippen molar-refractivity contribution in [1.82, 2.24) is 5.32 Å². The summed E-state index contributed by atoms with van der Waals surface area (Å²) in [7, 11) is 0. The standard InChI is InChI=1S/C15H23NO/c1-3-14(12-8-9-12)16-10-15(17)13-7-5-4-6-11(13)2/h4-7,12,14-17H,3,8-10H2,1-2H3. The van der Waals surface area contributed by atoms with Crippen molar-refractivity contribution in [3.63, 3.8) is 0 Å². The van der Waals surface area contributed by atoms with Crippen LogP contribution in [0.25, 0.3) is 0 Å². The van der Waals surface area contributed by atoms with E-state index in [9.17, 15) is 5.11 Å². The maximum atomic E-state index is 10.2. The van der Waals surface area contributed by atoms with Gasteiger partial charge in [0.15, 0.2) is 0 Å². The number of aliphatic hydroxyl groups excluding tert-OH is 1. The van der Waals surface area contributed by atoms with Gasteiger partial charge in [-0.05, 0) is 43.2 Å². The van der Waals surface area contributed by atoms with Crippen LogP contribution in [0.4, 0.5) is 0 Å². The van der Waals surface area contributed by atoms with Gasteiger partial charge in [-0.3, -0.25) is 0 Å². The van der Waals surface area contributed by atoms with Crippen LogP contribution in [0.3, 0.4) is 0 Å². The molecule has 0 heterocycles. The molecule has 2 unspecified atom stereocenters. The fourth-order valence-electron chi connectivity index (χ4n) is 2.48. The van der Waals surface area contributed by atoms with Gasteiger partial charge in [-0.2, -0.15) is 0 Å². The molecular formula is C15H23NO. The second-order valence-corrected chi connectivity index (χ2v) is 5.13. The van der Waals surface area contributed by atoms with E-state index >= 15 is 0 Å². The van der Waals surface area contributed by atoms with E-state index in [2.05, 4.69) is 25.2 Å². The molecule has 2 rings (SSSR count). The van der Waals surface area contributed by atoms with Crippen LogP contribution in [0.5, 0.6) is 0 Å². The van der Waals surface area contributed by atoms with Crippen molar-refractivity contribution < 1.29 is 5.11 Å². The van der Waals surface area contributed by atoms with Crippen molar-refractivity contribution in [1.29, 1.82) is 0 Å². The van der Waals surface area contributed by atoms with Crippen molar-refractivity contribution in [2.24, 2.45) is 5.92 Å². The molecule has 1 saturated carbocycles. The van der Waals surface area contributed by atoms with E-state index < -0.39 is 0 Å². The molecule has 2 nitrogen and oxygen atoms in total. The quantitative estimate of drug-likeness (QED) is 0.792. The average molecular weight is 233 g/mol. The summed E-state index contributed by atoms with van der Waals surface area (Å²) < 4.78 is 0. The summed E-state index contributed by atoms with van der Waals surface area (Å²) in [4.78, 5) is 0. The molecule has 2 heteroatoms. The normalized spacial score (nSPS) is 19.0. The smallest absolute Gasteiger partial charge is 0.0917 e. The van der Waals surface area contributed by atoms with Gasteiger partial charge in [0, 0.05) is 12.6 Å². The third-order valence-electron chi connectivity index (χ3n) is 3.75. The van der Waals surface area contributed by atoms with Crippen LogP contribution in [0.15, 0.2) is 24.3 Å². The zero-order valence-electron chi connectivity index (χ0n) is 10.8. The van der Waals surface area contributed by atoms with Crippen LogP contribution >= 0.6 is 0 Å². The van der Waals surface area contributed by atoms with E-state index in [0.717, 1.165) is 17.9 Å². The Bertz CT molecular complexity index is 360. The molecule has 1 fully saturated rings. The number of aliphatic hydroxyl groups is 1. The monoisotopic (exact) mass is 233 g/mol. The van der Waals surface area contributed by atoms with Crippen molar-refractivity contribution in [3.8, 4) is 0 Å². The Morgan fingerprint density at radius 3 is 2.65 bits per heavy atom. The van der Waals surface area contributed by atoms with Crippen LogP contribution in [0.1, 0.15) is 43.4 Å². The van der Waals surface area contributed by atoms with Gasteiger partial charge in [0.25, 0.3) is 0 Å². The van der Waals surface area contributed by atoms with Gasteiger partial charge < -0.3 is 10.4 Å². The van der Waals surface area contributed by atoms with Crippen molar-refractivity contribution in [3.05, 3.63) is 35.4 Å². The van der Waals surface area contributed by atoms with Crippen LogP contribution in [-0.4, -0.2) is 17.7 Å². The molecule has 0 amide bonds. The minimum atomic E-state index is -0.385. The highest BCUT2D eigenvalue weighted by molar-refractivity contribution is 5.27. The Labute approximate surface area is 104 Å². The highest BCUT2D eigenvalue weighted by Crippen LogP contribution is 2.34. The Kier molecular flexibility index (Phi) is 4.19. The summed E-state index contributed by atoms with van der Waals surface area (Å²) in [5.74, 6) is 0.851. The van der Waals surface area contributed by atoms with Crippen LogP contribution in [0, 0.1) is 12.8 Å². The van der Waals surface area contributed by atoms with Crippen LogP contribution in [0.2, 0.25) is 0 Å². The maximum Gasteiger partial charge on any atom is 0.0917 e. The molecule has 0 radical (unpaired) electrons. The number of rotatable bonds is 6. The first kappa shape index (κ1) is 12.6. The van der Waals surface area contributed by atoms with Gasteiger partial charge in [-0.15, -0.1) is 0 Å². The molecular weight excluding hydrogens is 210 g/mol. The molecule has 0 aliphatic heterocycles. The third-order valence-corrected chi connectivity index (χ3v) is 3.75. The summed E-state index contributed by atoms with van der Waals surface area (Å²) in [5, 5.41) is 13.7. The molecule has 2 N–H and O–H groups in total. The highest BCUT2D eigenvalue weighted by atomic mass is 16.3. The van der Waals surface area contributed by atoms with E-state index in [1.54, 1.807) is 0 Å². The molecule has 17 heavy (non-hydrogen) atoms. The van der Waals surface area contributed by atoms with Crippen molar-refractivity contribution in [2.45, 2.75) is 45.3 Å². The van der Waals surface area contributed by atoms with Crippen LogP contribution < -0.4 is 5.32 Å². The molecule has 0 aromatic heterocycles. The van der Waals surface area contributed by atoms with Crippen molar-refractivity contribution in [2.75, 3.05) is 6.54 Å². The first-order chi connectivity index (χ1) is 8.22. The Morgan fingerprint density at radius 2 is 2.06 bits per heavy atom. The first-order valence-electron chi connectivity index (χ1n) is 6.69. The van der Waals surface area contributed by atoms with Gasteiger partial charge in [0.1, 0.15) is 0 Å². The van der Waals surface area contributed by atoms with Gasteiger partial charge in [0.2, 0.25) is 0 Å². The van der Waals surface area contributed by atoms with E-state index in [4.69, 9.17) is 0 Å². The average Bonchev–Trinajstić information content (AvgIpc) is 3.14. The second-order valence-electron chi connectivity index (χ2n) is 5.13. The van der Waals surface area contributed by atoms with Gasteiger partial charge in [-0.25, -0.2) is 0 Å². The molecule has 2 atom stereocenters. The third kappa shape index (κ3) is 3.30. The van der Waals surface area contributed by atoms with Gasteiger partial charge in [0.05, 0.1) is 6.10 Å². The molecule has 94 valence electrons. The lowest BCUT2D eigenvalue weighted by atomic mass is 10.0. The van der Waals surface area contributed by atoms with E-state index in [1.165, 1.54) is 18.4 Å². The predicted octanol–water partition coefficient (Wildman–Crippen LogP) is 2.81. The fourth-order valence-corrected chi connectivity index (χ4v) is 2.48. The van der Waals surface area contributed by atoms with Crippen molar-refractivity contribution >= 4 is 0 Å². The minimum Gasteiger partial charge on any atom is -0.387 e. The minimum absolute atomic E-state index is 0.385. The number of benzene rings is 1. The molecule has 1 aromatic rings. The van der Waals surface area contributed by atoms with E-state index in [-0.39, 0.29) is 6.10 Å². The van der Waals surface area contributed by atoms with Crippen LogP contribution in [-0.2, 0) is 0 Å². The summed E-state index contributed by atoms with van der Waals surface area (Å²) in [5.41, 5.74) is 2.21. The molecule has 1 aliphatic rings. The zero-order valence-corrected chi connectivity index (χ0v) is 10.8. The summed E-state index contributed by atoms with van der Waals surface area (Å²) in [6, 6.07) is 8.66. The summed E-state index contributed by atoms with van der Waals surface area (Å²) in [6.45, 7) is 4.94. The number of aryl methyl sites for hydroxylation is 1. The lowest BCUT2D eigenvalue weighted by Gasteiger charge is -2.20. The first-order valence-corrected chi connectivity index (χ1v) is 6.69. The zero-order chi connectivity index (χ0) is 12.3. The SMILES string of the molecule is CCC(NCC(O)c1ccccc1C)C1CC1. The summed E-state index contributed by atoms with van der Waals surface area (Å²) in [6.07, 6.45) is 3.48. The van der Waals surface area contributed by atoms with E-state index in [1.807, 2.05) is 18.2 Å². The largest absolute Gasteiger partial charge is 0.387 e. The lowest BCUT2D eigenvalue weighted by molar-refractivity contribution is 0.167. The van der Waals surface area contributed by atoms with Gasteiger partial charge in [-0.1, -0.05) is 31.2 Å². The molecule has 1 aromatic carbocycles. The number of hydrogen-bond donors (Lipinski definition) is 2. The Hall–Kier alpha value is -0.860. The topological polar surface area (TPSA) is 32.3 Å². The van der Waals surface area contributed by atoms with E-state index in [0.29, 0.717) is 12.6 Å². The molecule has 0 spiro atoms. The summed E-state index contributed by atoms with van der Waals surface area (Å²) >= 11 is 0. The highest BCUT2D eigenvalue weighted by Gasteiger charge is 2.29. The Morgan fingerprint density at radius 1 is 1.35 bits per heavy atom. The molecule has 1 aliphatic carbocycles. The number of hydrogen-bond acceptors (Lipinski definition) is 2. The maximum absolute atomic E-state index is 10.2. The molecule has 0 bridgehead atoms. The predicted molar refractivity (Wildman–Crippen MR) is 70.9 cm³/mol. The fraction of sp³-hybridized carbons (Fsp3) is 0.600. The lowest BCUT2D eigenvalue weighted by Crippen LogP contribution is -2.34. The Balaban J connectivity index is 1.88. The second kappa shape index (κ2) is 5.65. The number of nitrogens with one attached hydrogen (secondary N) is 1. The molecule has 0 saturated heterocycles. The van der Waals surface area contributed by atoms with Gasteiger partial charge >= 0.3 is 0 Å².